The molecule has 3 rings (SSSR count). The van der Waals surface area contributed by atoms with Crippen molar-refractivity contribution in [2.24, 2.45) is 10.1 Å². The number of aromatic hydroxyl groups is 1. The maximum Gasteiger partial charge on any atom is 0.197 e. The van der Waals surface area contributed by atoms with Crippen LogP contribution in [0.15, 0.2) is 58.8 Å². The zero-order chi connectivity index (χ0) is 13.8. The van der Waals surface area contributed by atoms with Gasteiger partial charge in [-0.3, -0.25) is 5.43 Å². The smallest absolute Gasteiger partial charge is 0.197 e. The van der Waals surface area contributed by atoms with Crippen molar-refractivity contribution in [3.63, 3.8) is 0 Å². The van der Waals surface area contributed by atoms with Crippen LogP contribution in [-0.2, 0) is 0 Å². The topological polar surface area (TPSA) is 69.9 Å². The third kappa shape index (κ3) is 2.80. The van der Waals surface area contributed by atoms with E-state index in [0.717, 1.165) is 17.0 Å². The first-order valence-corrected chi connectivity index (χ1v) is 7.05. The second-order valence-electron chi connectivity index (χ2n) is 4.09. The number of pyridine rings is 1. The van der Waals surface area contributed by atoms with E-state index in [1.165, 1.54) is 11.8 Å². The Bertz CT molecular complexity index is 670. The van der Waals surface area contributed by atoms with E-state index >= 15 is 0 Å². The molecule has 0 saturated carbocycles. The van der Waals surface area contributed by atoms with E-state index in [4.69, 9.17) is 0 Å². The number of hydrazone groups is 1. The number of thioether (sulfide) groups is 1. The molecule has 0 fully saturated rings. The van der Waals surface area contributed by atoms with Crippen molar-refractivity contribution < 1.29 is 5.11 Å². The number of aliphatic imine (C=N–C) groups is 1. The molecule has 0 atom stereocenters. The summed E-state index contributed by atoms with van der Waals surface area (Å²) < 4.78 is 0. The first-order valence-electron chi connectivity index (χ1n) is 6.06. The van der Waals surface area contributed by atoms with Gasteiger partial charge in [0.05, 0.1) is 5.71 Å². The quantitative estimate of drug-likeness (QED) is 0.889. The van der Waals surface area contributed by atoms with Crippen LogP contribution in [0.1, 0.15) is 5.56 Å². The summed E-state index contributed by atoms with van der Waals surface area (Å²) in [6.07, 6.45) is 1.59. The second kappa shape index (κ2) is 5.75. The lowest BCUT2D eigenvalue weighted by molar-refractivity contribution is 0.474. The summed E-state index contributed by atoms with van der Waals surface area (Å²) in [4.78, 5) is 8.26. The van der Waals surface area contributed by atoms with Gasteiger partial charge < -0.3 is 5.11 Å². The molecule has 6 heteroatoms. The lowest BCUT2D eigenvalue weighted by Gasteiger charge is -2.14. The maximum absolute atomic E-state index is 9.63. The molecule has 2 N–H and O–H groups in total. The van der Waals surface area contributed by atoms with Crippen LogP contribution >= 0.6 is 11.8 Å². The number of aromatic nitrogens is 1. The first kappa shape index (κ1) is 12.7. The number of hydrogen-bond donors (Lipinski definition) is 2. The van der Waals surface area contributed by atoms with Gasteiger partial charge in [0.1, 0.15) is 0 Å². The van der Waals surface area contributed by atoms with Gasteiger partial charge in [-0.25, -0.2) is 4.98 Å². The Labute approximate surface area is 120 Å². The molecule has 1 aliphatic heterocycles. The van der Waals surface area contributed by atoms with Crippen LogP contribution < -0.4 is 5.43 Å². The minimum Gasteiger partial charge on any atom is -0.504 e. The van der Waals surface area contributed by atoms with Crippen molar-refractivity contribution in [3.8, 4) is 5.75 Å². The Kier molecular flexibility index (Phi) is 3.64. The Hall–Kier alpha value is -2.34. The summed E-state index contributed by atoms with van der Waals surface area (Å²) in [6, 6.07) is 13.2. The molecule has 20 heavy (non-hydrogen) atoms. The Morgan fingerprint density at radius 2 is 2.00 bits per heavy atom. The van der Waals surface area contributed by atoms with Crippen molar-refractivity contribution in [3.05, 3.63) is 54.2 Å². The maximum atomic E-state index is 9.63. The van der Waals surface area contributed by atoms with Crippen LogP contribution in [0.4, 0.5) is 5.82 Å². The second-order valence-corrected chi connectivity index (χ2v) is 5.05. The highest BCUT2D eigenvalue weighted by Gasteiger charge is 2.13. The molecule has 1 aromatic heterocycles. The molecule has 100 valence electrons. The summed E-state index contributed by atoms with van der Waals surface area (Å²) in [7, 11) is 0. The van der Waals surface area contributed by atoms with Gasteiger partial charge in [0, 0.05) is 11.9 Å². The third-order valence-corrected chi connectivity index (χ3v) is 3.59. The molecule has 0 unspecified atom stereocenters. The van der Waals surface area contributed by atoms with Crippen LogP contribution in [0.3, 0.4) is 0 Å². The van der Waals surface area contributed by atoms with Gasteiger partial charge in [0.2, 0.25) is 0 Å². The molecule has 1 aromatic carbocycles. The zero-order valence-electron chi connectivity index (χ0n) is 10.5. The van der Waals surface area contributed by atoms with E-state index in [0.29, 0.717) is 11.0 Å². The zero-order valence-corrected chi connectivity index (χ0v) is 11.3. The summed E-state index contributed by atoms with van der Waals surface area (Å²) in [5, 5.41) is 14.6. The van der Waals surface area contributed by atoms with E-state index in [2.05, 4.69) is 20.5 Å². The number of hydrogen-bond acceptors (Lipinski definition) is 5. The van der Waals surface area contributed by atoms with Crippen molar-refractivity contribution in [2.75, 3.05) is 5.75 Å². The van der Waals surface area contributed by atoms with E-state index in [1.807, 2.05) is 30.3 Å². The molecule has 0 saturated heterocycles. The Morgan fingerprint density at radius 3 is 2.70 bits per heavy atom. The minimum atomic E-state index is 0.0558. The molecule has 2 heterocycles. The molecule has 1 aliphatic rings. The number of benzene rings is 1. The summed E-state index contributed by atoms with van der Waals surface area (Å²) in [5.41, 5.74) is 4.96. The number of rotatable bonds is 2. The van der Waals surface area contributed by atoms with E-state index in [9.17, 15) is 5.11 Å². The van der Waals surface area contributed by atoms with E-state index < -0.39 is 0 Å². The molecule has 2 aromatic rings. The monoisotopic (exact) mass is 284 g/mol. The van der Waals surface area contributed by atoms with Gasteiger partial charge in [-0.15, -0.1) is 0 Å². The fraction of sp³-hybridized carbons (Fsp3) is 0.0714. The largest absolute Gasteiger partial charge is 0.504 e. The third-order valence-electron chi connectivity index (χ3n) is 2.71. The average molecular weight is 284 g/mol. The van der Waals surface area contributed by atoms with Crippen molar-refractivity contribution in [1.29, 1.82) is 0 Å². The lowest BCUT2D eigenvalue weighted by Crippen LogP contribution is -2.25. The van der Waals surface area contributed by atoms with E-state index in [1.54, 1.807) is 18.3 Å². The Morgan fingerprint density at radius 1 is 1.15 bits per heavy atom. The molecule has 0 amide bonds. The molecule has 0 radical (unpaired) electrons. The number of amidine groups is 1. The van der Waals surface area contributed by atoms with Crippen LogP contribution in [0, 0.1) is 0 Å². The molecule has 5 nitrogen and oxygen atoms in total. The predicted octanol–water partition coefficient (Wildman–Crippen LogP) is 2.52. The summed E-state index contributed by atoms with van der Waals surface area (Å²) in [6.45, 7) is 0. The molecule has 0 bridgehead atoms. The van der Waals surface area contributed by atoms with Crippen LogP contribution in [-0.4, -0.2) is 26.7 Å². The van der Waals surface area contributed by atoms with Gasteiger partial charge in [0.25, 0.3) is 0 Å². The fourth-order valence-electron chi connectivity index (χ4n) is 1.72. The Balaban J connectivity index is 1.78. The van der Waals surface area contributed by atoms with Gasteiger partial charge >= 0.3 is 0 Å². The predicted molar refractivity (Wildman–Crippen MR) is 81.6 cm³/mol. The van der Waals surface area contributed by atoms with Gasteiger partial charge in [-0.1, -0.05) is 42.1 Å². The van der Waals surface area contributed by atoms with E-state index in [-0.39, 0.29) is 5.75 Å². The average Bonchev–Trinajstić information content (AvgIpc) is 2.51. The molecular weight excluding hydrogens is 272 g/mol. The standard InChI is InChI=1S/C14H12N4OS/c19-12-7-4-8-15-13(12)16-14-18-17-11(9-20-14)10-5-2-1-3-6-10/h1-8,19H,9H2,(H,15,16,18). The highest BCUT2D eigenvalue weighted by atomic mass is 32.2. The van der Waals surface area contributed by atoms with Crippen molar-refractivity contribution in [1.82, 2.24) is 10.4 Å². The van der Waals surface area contributed by atoms with Crippen LogP contribution in [0.2, 0.25) is 0 Å². The summed E-state index contributed by atoms with van der Waals surface area (Å²) >= 11 is 1.53. The number of nitrogens with one attached hydrogen (secondary N) is 1. The van der Waals surface area contributed by atoms with Crippen LogP contribution in [0.5, 0.6) is 5.75 Å². The van der Waals surface area contributed by atoms with Gasteiger partial charge in [-0.05, 0) is 17.7 Å². The highest BCUT2D eigenvalue weighted by Crippen LogP contribution is 2.24. The number of nitrogens with zero attached hydrogens (tertiary/aromatic N) is 3. The van der Waals surface area contributed by atoms with Gasteiger partial charge in [0.15, 0.2) is 16.7 Å². The molecular formula is C14H12N4OS. The lowest BCUT2D eigenvalue weighted by atomic mass is 10.1. The van der Waals surface area contributed by atoms with Crippen LogP contribution in [0.25, 0.3) is 0 Å². The summed E-state index contributed by atoms with van der Waals surface area (Å²) in [5.74, 6) is 1.07. The van der Waals surface area contributed by atoms with Crippen molar-refractivity contribution in [2.45, 2.75) is 0 Å². The molecule has 0 aliphatic carbocycles. The highest BCUT2D eigenvalue weighted by molar-refractivity contribution is 8.14. The van der Waals surface area contributed by atoms with Crippen molar-refractivity contribution >= 4 is 28.5 Å². The first-order chi connectivity index (χ1) is 9.83. The SMILES string of the molecule is Oc1cccnc1/N=C1\NN=C(c2ccccc2)CS1. The molecule has 0 spiro atoms. The normalized spacial score (nSPS) is 16.6. The fourth-order valence-corrected chi connectivity index (χ4v) is 2.49. The van der Waals surface area contributed by atoms with Gasteiger partial charge in [-0.2, -0.15) is 10.1 Å². The minimum absolute atomic E-state index is 0.0558.